The van der Waals surface area contributed by atoms with Crippen molar-refractivity contribution in [1.29, 1.82) is 0 Å². The van der Waals surface area contributed by atoms with Crippen molar-refractivity contribution in [3.63, 3.8) is 0 Å². The number of nitrogens with zero attached hydrogens (tertiary/aromatic N) is 3. The number of benzene rings is 5. The fourth-order valence-electron chi connectivity index (χ4n) is 10.1. The highest BCUT2D eigenvalue weighted by atomic mass is 16.5. The van der Waals surface area contributed by atoms with E-state index in [-0.39, 0.29) is 27.1 Å². The van der Waals surface area contributed by atoms with Crippen molar-refractivity contribution in [3.05, 3.63) is 160 Å². The average molecular weight is 820 g/mol. The molecule has 5 aromatic carbocycles. The highest BCUT2D eigenvalue weighted by molar-refractivity contribution is 5.97. The molecule has 0 saturated carbocycles. The lowest BCUT2D eigenvalue weighted by molar-refractivity contribution is -0.649. The van der Waals surface area contributed by atoms with Gasteiger partial charge in [-0.15, -0.1) is 0 Å². The van der Waals surface area contributed by atoms with Gasteiger partial charge in [0.15, 0.2) is 0 Å². The first-order chi connectivity index (χ1) is 28.8. The second-order valence-electron chi connectivity index (χ2n) is 23.3. The second kappa shape index (κ2) is 13.5. The summed E-state index contributed by atoms with van der Waals surface area (Å²) in [5.41, 5.74) is 19.2. The van der Waals surface area contributed by atoms with Gasteiger partial charge in [0.1, 0.15) is 11.5 Å². The number of ether oxygens (including phenoxy) is 1. The zero-order valence-electron chi connectivity index (χ0n) is 40.1. The molecule has 2 aromatic heterocycles. The van der Waals surface area contributed by atoms with Crippen LogP contribution < -0.4 is 9.30 Å². The van der Waals surface area contributed by atoms with Crippen LogP contribution in [0.3, 0.4) is 0 Å². The Labute approximate surface area is 371 Å². The van der Waals surface area contributed by atoms with Gasteiger partial charge in [-0.05, 0) is 125 Å². The van der Waals surface area contributed by atoms with Crippen LogP contribution in [0.5, 0.6) is 11.5 Å². The minimum absolute atomic E-state index is 0.0217. The second-order valence-corrected chi connectivity index (χ2v) is 23.3. The predicted octanol–water partition coefficient (Wildman–Crippen LogP) is 14.3. The largest absolute Gasteiger partial charge is 0.458 e. The van der Waals surface area contributed by atoms with Gasteiger partial charge >= 0.3 is 0 Å². The van der Waals surface area contributed by atoms with Gasteiger partial charge in [0, 0.05) is 11.8 Å². The van der Waals surface area contributed by atoms with E-state index in [0.29, 0.717) is 0 Å². The topological polar surface area (TPSA) is 30.9 Å². The Morgan fingerprint density at radius 1 is 0.548 bits per heavy atom. The molecule has 0 atom stereocenters. The van der Waals surface area contributed by atoms with E-state index in [0.717, 1.165) is 34.0 Å². The van der Waals surface area contributed by atoms with Crippen molar-refractivity contribution in [2.75, 3.05) is 0 Å². The Bertz CT molecular complexity index is 2880. The fraction of sp³-hybridized carbons (Fsp3) is 0.379. The number of para-hydroxylation sites is 1. The number of hydrogen-bond donors (Lipinski definition) is 0. The minimum atomic E-state index is -0.630. The average Bonchev–Trinajstić information content (AvgIpc) is 3.67. The number of fused-ring (bicyclic) bond motifs is 9. The molecule has 3 heterocycles. The lowest BCUT2D eigenvalue weighted by Gasteiger charge is -2.45. The summed E-state index contributed by atoms with van der Waals surface area (Å²) in [6.07, 6.45) is 5.68. The highest BCUT2D eigenvalue weighted by Gasteiger charge is 2.54. The molecule has 0 bridgehead atoms. The lowest BCUT2D eigenvalue weighted by Crippen LogP contribution is -2.38. The standard InChI is InChI=1S/C58H65N3O/c1-53(2,3)36-25-26-59-47(32-36)35-19-17-20-39(27-35)62-40-23-24-43-49(33-40)61-34-60(16)48-22-18-21-44(52(48)61)58(43)50-41(28-37(54(4,5)6)30-45(50)56(10,11)12)42-29-38(55(7,8)9)31-46(51(42)58)57(13,14)15/h17-33H,1-16H3. The molecule has 0 amide bonds. The molecule has 4 nitrogen and oxygen atoms in total. The van der Waals surface area contributed by atoms with Gasteiger partial charge < -0.3 is 13.9 Å². The van der Waals surface area contributed by atoms with Crippen LogP contribution in [0.25, 0.3) is 39.1 Å². The van der Waals surface area contributed by atoms with E-state index in [1.807, 2.05) is 12.3 Å². The third-order valence-corrected chi connectivity index (χ3v) is 13.5. The summed E-state index contributed by atoms with van der Waals surface area (Å²) in [7, 11) is 2.12. The number of aryl methyl sites for hydroxylation is 1. The van der Waals surface area contributed by atoms with Crippen LogP contribution in [-0.4, -0.2) is 9.55 Å². The van der Waals surface area contributed by atoms with Crippen LogP contribution in [0.1, 0.15) is 154 Å². The monoisotopic (exact) mass is 820 g/mol. The number of aromatic nitrogens is 3. The van der Waals surface area contributed by atoms with E-state index in [2.05, 4.69) is 217 Å². The van der Waals surface area contributed by atoms with Crippen LogP contribution in [0, 0.1) is 6.33 Å². The first-order valence-corrected chi connectivity index (χ1v) is 22.5. The van der Waals surface area contributed by atoms with Gasteiger partial charge in [0.05, 0.1) is 34.9 Å². The number of hydrogen-bond acceptors (Lipinski definition) is 2. The quantitative estimate of drug-likeness (QED) is 0.131. The molecule has 0 radical (unpaired) electrons. The van der Waals surface area contributed by atoms with Crippen molar-refractivity contribution < 1.29 is 9.30 Å². The van der Waals surface area contributed by atoms with E-state index in [4.69, 9.17) is 9.72 Å². The van der Waals surface area contributed by atoms with Gasteiger partial charge in [0.2, 0.25) is 6.33 Å². The summed E-state index contributed by atoms with van der Waals surface area (Å²) in [6.45, 7) is 35.3. The SMILES string of the molecule is C[n+]1[c-]n2c3c(cccc31)C1(c3ccc(Oc4cccc(-c5cc(C(C)(C)C)ccn5)c4)cc3-2)c2c(cc(C(C)(C)C)cc2C(C)(C)C)-c2cc(C(C)(C)C)cc(C(C)(C)C)c21. The Hall–Kier alpha value is -5.48. The van der Waals surface area contributed by atoms with E-state index in [9.17, 15) is 0 Å². The Balaban J connectivity index is 1.37. The highest BCUT2D eigenvalue weighted by Crippen LogP contribution is 2.65. The molecule has 4 heteroatoms. The molecule has 0 saturated heterocycles. The summed E-state index contributed by atoms with van der Waals surface area (Å²) < 4.78 is 11.3. The summed E-state index contributed by atoms with van der Waals surface area (Å²) in [6, 6.07) is 36.6. The van der Waals surface area contributed by atoms with Gasteiger partial charge in [0.25, 0.3) is 0 Å². The van der Waals surface area contributed by atoms with Gasteiger partial charge in [-0.25, -0.2) is 0 Å². The maximum atomic E-state index is 6.89. The minimum Gasteiger partial charge on any atom is -0.458 e. The van der Waals surface area contributed by atoms with Crippen molar-refractivity contribution in [2.24, 2.45) is 7.05 Å². The maximum Gasteiger partial charge on any atom is 0.244 e. The molecule has 1 spiro atoms. The normalized spacial score (nSPS) is 14.6. The summed E-state index contributed by atoms with van der Waals surface area (Å²) in [5, 5.41) is 0. The van der Waals surface area contributed by atoms with E-state index in [1.54, 1.807) is 0 Å². The molecule has 1 aliphatic heterocycles. The molecular formula is C58H65N3O. The van der Waals surface area contributed by atoms with Crippen LogP contribution in [0.15, 0.2) is 103 Å². The van der Waals surface area contributed by atoms with Crippen LogP contribution in [0.4, 0.5) is 0 Å². The third kappa shape index (κ3) is 6.46. The molecule has 9 rings (SSSR count). The Kier molecular flexibility index (Phi) is 9.12. The molecule has 0 unspecified atom stereocenters. The molecule has 1 aliphatic carbocycles. The molecule has 2 aliphatic rings. The smallest absolute Gasteiger partial charge is 0.244 e. The lowest BCUT2D eigenvalue weighted by atomic mass is 9.60. The van der Waals surface area contributed by atoms with Crippen molar-refractivity contribution in [1.82, 2.24) is 9.55 Å². The van der Waals surface area contributed by atoms with Gasteiger partial charge in [-0.1, -0.05) is 165 Å². The Morgan fingerprint density at radius 2 is 1.11 bits per heavy atom. The molecular weight excluding hydrogens is 755 g/mol. The zero-order valence-corrected chi connectivity index (χ0v) is 40.1. The summed E-state index contributed by atoms with van der Waals surface area (Å²) in [4.78, 5) is 4.77. The molecule has 318 valence electrons. The number of pyridine rings is 1. The maximum absolute atomic E-state index is 6.89. The van der Waals surface area contributed by atoms with Gasteiger partial charge in [-0.2, -0.15) is 0 Å². The molecule has 0 N–H and O–H groups in total. The van der Waals surface area contributed by atoms with Crippen molar-refractivity contribution >= 4 is 11.0 Å². The number of rotatable bonds is 3. The fourth-order valence-corrected chi connectivity index (χ4v) is 10.1. The Morgan fingerprint density at radius 3 is 1.68 bits per heavy atom. The van der Waals surface area contributed by atoms with Crippen LogP contribution in [0.2, 0.25) is 0 Å². The predicted molar refractivity (Wildman–Crippen MR) is 257 cm³/mol. The third-order valence-electron chi connectivity index (χ3n) is 13.5. The first-order valence-electron chi connectivity index (χ1n) is 22.5. The van der Waals surface area contributed by atoms with E-state index >= 15 is 0 Å². The van der Waals surface area contributed by atoms with Crippen LogP contribution >= 0.6 is 0 Å². The summed E-state index contributed by atoms with van der Waals surface area (Å²) in [5.74, 6) is 1.55. The van der Waals surface area contributed by atoms with Crippen molar-refractivity contribution in [3.8, 4) is 39.6 Å². The van der Waals surface area contributed by atoms with Crippen molar-refractivity contribution in [2.45, 2.75) is 136 Å². The molecule has 62 heavy (non-hydrogen) atoms. The molecule has 0 fully saturated rings. The molecule has 7 aromatic rings. The van der Waals surface area contributed by atoms with E-state index in [1.165, 1.54) is 66.7 Å². The first kappa shape index (κ1) is 41.9. The van der Waals surface area contributed by atoms with Crippen LogP contribution in [-0.2, 0) is 39.5 Å². The van der Waals surface area contributed by atoms with Gasteiger partial charge in [-0.3, -0.25) is 4.98 Å². The summed E-state index contributed by atoms with van der Waals surface area (Å²) >= 11 is 0. The van der Waals surface area contributed by atoms with E-state index < -0.39 is 5.41 Å². The number of imidazole rings is 1. The zero-order chi connectivity index (χ0) is 44.7.